The van der Waals surface area contributed by atoms with Crippen molar-refractivity contribution < 1.29 is 9.53 Å². The Labute approximate surface area is 173 Å². The van der Waals surface area contributed by atoms with Gasteiger partial charge in [0.1, 0.15) is 6.61 Å². The number of aromatic nitrogens is 1. The molecule has 2 heterocycles. The van der Waals surface area contributed by atoms with Gasteiger partial charge in [0.05, 0.1) is 6.04 Å². The molecule has 1 aromatic heterocycles. The second-order valence-corrected chi connectivity index (χ2v) is 6.73. The maximum absolute atomic E-state index is 11.0. The van der Waals surface area contributed by atoms with Crippen molar-refractivity contribution >= 4 is 29.3 Å². The van der Waals surface area contributed by atoms with E-state index in [4.69, 9.17) is 27.9 Å². The fourth-order valence-corrected chi connectivity index (χ4v) is 2.63. The van der Waals surface area contributed by atoms with Gasteiger partial charge in [-0.2, -0.15) is 0 Å². The van der Waals surface area contributed by atoms with Crippen LogP contribution in [-0.2, 0) is 4.74 Å². The maximum Gasteiger partial charge on any atom is 0.407 e. The first kappa shape index (κ1) is 19.8. The van der Waals surface area contributed by atoms with Crippen molar-refractivity contribution in [3.63, 3.8) is 0 Å². The minimum atomic E-state index is -0.393. The second-order valence-electron chi connectivity index (χ2n) is 5.85. The molecule has 4 rings (SSSR count). The quantitative estimate of drug-likeness (QED) is 0.556. The number of nitrogens with zero attached hydrogens (tertiary/aromatic N) is 1. The van der Waals surface area contributed by atoms with Crippen LogP contribution in [0.3, 0.4) is 0 Å². The van der Waals surface area contributed by atoms with Gasteiger partial charge in [0.25, 0.3) is 0 Å². The van der Waals surface area contributed by atoms with E-state index in [9.17, 15) is 4.79 Å². The van der Waals surface area contributed by atoms with Gasteiger partial charge in [0.2, 0.25) is 0 Å². The summed E-state index contributed by atoms with van der Waals surface area (Å²) in [5.41, 5.74) is 2.67. The average molecular weight is 411 g/mol. The van der Waals surface area contributed by atoms with E-state index in [2.05, 4.69) is 22.1 Å². The van der Waals surface area contributed by atoms with E-state index in [1.54, 1.807) is 36.7 Å². The van der Waals surface area contributed by atoms with Crippen LogP contribution in [0.25, 0.3) is 0 Å². The normalized spacial score (nSPS) is 14.6. The summed E-state index contributed by atoms with van der Waals surface area (Å²) in [4.78, 5) is 15.2. The largest absolute Gasteiger partial charge is 0.447 e. The Balaban J connectivity index is 0.000000236. The van der Waals surface area contributed by atoms with Crippen LogP contribution in [0.4, 0.5) is 4.79 Å². The number of hydrogen-bond donors (Lipinski definition) is 1. The molecule has 1 N–H and O–H groups in total. The molecule has 0 saturated carbocycles. The highest BCUT2D eigenvalue weighted by molar-refractivity contribution is 6.32. The second kappa shape index (κ2) is 9.80. The molecule has 0 spiro atoms. The third-order valence-electron chi connectivity index (χ3n) is 3.76. The van der Waals surface area contributed by atoms with Crippen LogP contribution >= 0.6 is 23.2 Å². The number of alkyl carbamates (subject to hydrolysis) is 1. The number of ether oxygens (including phenoxy) is 1. The van der Waals surface area contributed by atoms with Crippen molar-refractivity contribution in [2.24, 2.45) is 0 Å². The standard InChI is InChI=1S/C16H12N2O2.C6H4Cl2/c19-16-18-15(11-20-16)14-8-13(9-17-10-14)7-6-12-4-2-1-3-5-12;7-5-1-2-6(8)4-3-5/h1-5,8-10,15H,11H2,(H,18,19);1-4H/t15-;/m0./s1. The molecule has 1 aliphatic rings. The molecule has 6 heteroatoms. The van der Waals surface area contributed by atoms with Crippen LogP contribution in [0, 0.1) is 11.8 Å². The Morgan fingerprint density at radius 1 is 0.929 bits per heavy atom. The third-order valence-corrected chi connectivity index (χ3v) is 4.27. The van der Waals surface area contributed by atoms with Crippen LogP contribution in [0.2, 0.25) is 10.0 Å². The average Bonchev–Trinajstić information content (AvgIpc) is 3.17. The zero-order valence-electron chi connectivity index (χ0n) is 14.7. The molecule has 0 aliphatic carbocycles. The Hall–Kier alpha value is -3.00. The fourth-order valence-electron chi connectivity index (χ4n) is 2.38. The Morgan fingerprint density at radius 3 is 2.18 bits per heavy atom. The first-order valence-corrected chi connectivity index (χ1v) is 9.22. The van der Waals surface area contributed by atoms with E-state index in [0.29, 0.717) is 6.61 Å². The number of carbonyl (C=O) groups is 1. The first-order valence-electron chi connectivity index (χ1n) is 8.46. The van der Waals surface area contributed by atoms with Crippen molar-refractivity contribution in [1.29, 1.82) is 0 Å². The number of rotatable bonds is 1. The van der Waals surface area contributed by atoms with Crippen LogP contribution in [0.1, 0.15) is 22.7 Å². The van der Waals surface area contributed by atoms with E-state index < -0.39 is 6.09 Å². The number of nitrogens with one attached hydrogen (secondary N) is 1. The Kier molecular flexibility index (Phi) is 6.91. The predicted molar refractivity (Wildman–Crippen MR) is 110 cm³/mol. The van der Waals surface area contributed by atoms with Crippen molar-refractivity contribution in [3.05, 3.63) is 99.8 Å². The summed E-state index contributed by atoms with van der Waals surface area (Å²) in [6, 6.07) is 18.5. The Morgan fingerprint density at radius 2 is 1.57 bits per heavy atom. The smallest absolute Gasteiger partial charge is 0.407 e. The van der Waals surface area contributed by atoms with Crippen molar-refractivity contribution in [2.45, 2.75) is 6.04 Å². The molecule has 1 aliphatic heterocycles. The van der Waals surface area contributed by atoms with Crippen LogP contribution in [-0.4, -0.2) is 17.7 Å². The number of hydrogen-bond acceptors (Lipinski definition) is 3. The molecule has 1 fully saturated rings. The van der Waals surface area contributed by atoms with E-state index >= 15 is 0 Å². The van der Waals surface area contributed by atoms with E-state index in [0.717, 1.165) is 26.7 Å². The summed E-state index contributed by atoms with van der Waals surface area (Å²) in [6.07, 6.45) is 3.03. The van der Waals surface area contributed by atoms with Crippen molar-refractivity contribution in [3.8, 4) is 11.8 Å². The van der Waals surface area contributed by atoms with Crippen LogP contribution in [0.15, 0.2) is 73.1 Å². The molecular weight excluding hydrogens is 395 g/mol. The highest BCUT2D eigenvalue weighted by Crippen LogP contribution is 2.18. The van der Waals surface area contributed by atoms with Gasteiger partial charge in [-0.1, -0.05) is 53.2 Å². The van der Waals surface area contributed by atoms with Crippen molar-refractivity contribution in [1.82, 2.24) is 10.3 Å². The molecular formula is C22H16Cl2N2O2. The molecule has 140 valence electrons. The van der Waals surface area contributed by atoms with Gasteiger partial charge in [-0.25, -0.2) is 4.79 Å². The number of pyridine rings is 1. The lowest BCUT2D eigenvalue weighted by molar-refractivity contribution is 0.177. The molecule has 2 aromatic carbocycles. The van der Waals surface area contributed by atoms with Crippen LogP contribution < -0.4 is 5.32 Å². The van der Waals surface area contributed by atoms with Gasteiger partial charge < -0.3 is 10.1 Å². The highest BCUT2D eigenvalue weighted by Gasteiger charge is 2.23. The lowest BCUT2D eigenvalue weighted by Crippen LogP contribution is -2.18. The third kappa shape index (κ3) is 6.02. The molecule has 28 heavy (non-hydrogen) atoms. The number of halogens is 2. The van der Waals surface area contributed by atoms with Gasteiger partial charge in [-0.05, 0) is 48.0 Å². The minimum absolute atomic E-state index is 0.145. The Bertz CT molecular complexity index is 975. The van der Waals surface area contributed by atoms with E-state index in [1.165, 1.54) is 0 Å². The summed E-state index contributed by atoms with van der Waals surface area (Å²) in [7, 11) is 0. The van der Waals surface area contributed by atoms with Gasteiger partial charge in [0, 0.05) is 33.6 Å². The lowest BCUT2D eigenvalue weighted by atomic mass is 10.1. The van der Waals surface area contributed by atoms with E-state index in [-0.39, 0.29) is 6.04 Å². The summed E-state index contributed by atoms with van der Waals surface area (Å²) >= 11 is 11.1. The molecule has 0 bridgehead atoms. The number of benzene rings is 2. The predicted octanol–water partition coefficient (Wildman–Crippen LogP) is 5.26. The van der Waals surface area contributed by atoms with Gasteiger partial charge in [0.15, 0.2) is 0 Å². The molecule has 4 nitrogen and oxygen atoms in total. The summed E-state index contributed by atoms with van der Waals surface area (Å²) < 4.78 is 4.88. The van der Waals surface area contributed by atoms with E-state index in [1.807, 2.05) is 36.4 Å². The SMILES string of the molecule is Clc1ccc(Cl)cc1.O=C1N[C@H](c2cncc(C#Cc3ccccc3)c2)CO1. The highest BCUT2D eigenvalue weighted by atomic mass is 35.5. The fraction of sp³-hybridized carbons (Fsp3) is 0.0909. The molecule has 1 saturated heterocycles. The summed E-state index contributed by atoms with van der Waals surface area (Å²) in [5.74, 6) is 6.15. The monoisotopic (exact) mass is 410 g/mol. The molecule has 1 amide bonds. The summed E-state index contributed by atoms with van der Waals surface area (Å²) in [6.45, 7) is 0.329. The van der Waals surface area contributed by atoms with Gasteiger partial charge in [-0.15, -0.1) is 0 Å². The lowest BCUT2D eigenvalue weighted by Gasteiger charge is -2.06. The summed E-state index contributed by atoms with van der Waals surface area (Å²) in [5, 5.41) is 4.16. The minimum Gasteiger partial charge on any atom is -0.447 e. The van der Waals surface area contributed by atoms with Gasteiger partial charge >= 0.3 is 6.09 Å². The molecule has 0 radical (unpaired) electrons. The molecule has 0 unspecified atom stereocenters. The topological polar surface area (TPSA) is 51.2 Å². The number of cyclic esters (lactones) is 1. The van der Waals surface area contributed by atoms with Gasteiger partial charge in [-0.3, -0.25) is 4.98 Å². The molecule has 3 aromatic rings. The number of carbonyl (C=O) groups excluding carboxylic acids is 1. The number of amides is 1. The zero-order chi connectivity index (χ0) is 19.8. The maximum atomic E-state index is 11.0. The molecule has 1 atom stereocenters. The van der Waals surface area contributed by atoms with Crippen molar-refractivity contribution in [2.75, 3.05) is 6.61 Å². The van der Waals surface area contributed by atoms with Crippen LogP contribution in [0.5, 0.6) is 0 Å². The zero-order valence-corrected chi connectivity index (χ0v) is 16.2. The first-order chi connectivity index (χ1) is 13.6.